The summed E-state index contributed by atoms with van der Waals surface area (Å²) >= 11 is 1.58. The molecule has 0 aliphatic carbocycles. The van der Waals surface area contributed by atoms with Crippen molar-refractivity contribution in [1.29, 1.82) is 0 Å². The number of hydrogen-bond donors (Lipinski definition) is 2. The summed E-state index contributed by atoms with van der Waals surface area (Å²) in [6, 6.07) is 11.2. The van der Waals surface area contributed by atoms with Crippen LogP contribution in [0.5, 0.6) is 0 Å². The van der Waals surface area contributed by atoms with E-state index in [-0.39, 0.29) is 12.5 Å². The second-order valence-electron chi connectivity index (χ2n) is 4.78. The molecule has 2 aromatic rings. The summed E-state index contributed by atoms with van der Waals surface area (Å²) in [4.78, 5) is 26.1. The van der Waals surface area contributed by atoms with E-state index in [2.05, 4.69) is 5.32 Å². The molecule has 0 fully saturated rings. The molecule has 0 spiro atoms. The Bertz CT molecular complexity index is 669. The fourth-order valence-electron chi connectivity index (χ4n) is 2.51. The molecule has 1 aromatic carbocycles. The van der Waals surface area contributed by atoms with Gasteiger partial charge in [-0.3, -0.25) is 14.9 Å². The lowest BCUT2D eigenvalue weighted by Gasteiger charge is -2.25. The number of nitrogens with zero attached hydrogens (tertiary/aromatic N) is 1. The van der Waals surface area contributed by atoms with Crippen molar-refractivity contribution in [3.05, 3.63) is 57.8 Å². The molecule has 2 N–H and O–H groups in total. The number of carbonyl (C=O) groups is 2. The van der Waals surface area contributed by atoms with Crippen LogP contribution in [-0.2, 0) is 11.3 Å². The number of carboxylic acids is 1. The van der Waals surface area contributed by atoms with Gasteiger partial charge in [-0.1, -0.05) is 24.3 Å². The van der Waals surface area contributed by atoms with E-state index in [1.165, 1.54) is 0 Å². The van der Waals surface area contributed by atoms with Crippen LogP contribution < -0.4 is 5.32 Å². The first-order valence-electron chi connectivity index (χ1n) is 6.54. The average Bonchev–Trinajstić information content (AvgIpc) is 3.06. The molecule has 0 saturated heterocycles. The number of aliphatic carboxylic acids is 1. The van der Waals surface area contributed by atoms with E-state index in [1.54, 1.807) is 22.3 Å². The number of benzene rings is 1. The van der Waals surface area contributed by atoms with Gasteiger partial charge in [-0.25, -0.2) is 0 Å². The Morgan fingerprint density at radius 1 is 1.29 bits per heavy atom. The third-order valence-corrected chi connectivity index (χ3v) is 4.27. The maximum Gasteiger partial charge on any atom is 0.317 e. The van der Waals surface area contributed by atoms with Crippen LogP contribution in [0.1, 0.15) is 27.0 Å². The van der Waals surface area contributed by atoms with Crippen LogP contribution >= 0.6 is 11.3 Å². The van der Waals surface area contributed by atoms with Crippen LogP contribution in [0.15, 0.2) is 41.8 Å². The maximum atomic E-state index is 12.5. The lowest BCUT2D eigenvalue weighted by atomic mass is 10.1. The summed E-state index contributed by atoms with van der Waals surface area (Å²) in [5.41, 5.74) is 1.47. The highest BCUT2D eigenvalue weighted by atomic mass is 32.1. The Morgan fingerprint density at radius 3 is 2.81 bits per heavy atom. The van der Waals surface area contributed by atoms with Gasteiger partial charge in [0.15, 0.2) is 0 Å². The van der Waals surface area contributed by atoms with Gasteiger partial charge in [0.1, 0.15) is 6.17 Å². The van der Waals surface area contributed by atoms with Crippen molar-refractivity contribution in [2.75, 3.05) is 6.54 Å². The van der Waals surface area contributed by atoms with E-state index in [4.69, 9.17) is 5.11 Å². The Hall–Kier alpha value is -2.18. The lowest BCUT2D eigenvalue weighted by Crippen LogP contribution is -2.38. The summed E-state index contributed by atoms with van der Waals surface area (Å²) in [5.74, 6) is -1.01. The van der Waals surface area contributed by atoms with Crippen molar-refractivity contribution in [2.24, 2.45) is 0 Å². The highest BCUT2D eigenvalue weighted by Crippen LogP contribution is 2.33. The molecule has 108 valence electrons. The maximum absolute atomic E-state index is 12.5. The van der Waals surface area contributed by atoms with Gasteiger partial charge in [-0.05, 0) is 17.5 Å². The minimum atomic E-state index is -0.942. The number of carbonyl (C=O) groups excluding carboxylic acids is 1. The molecule has 2 heterocycles. The summed E-state index contributed by atoms with van der Waals surface area (Å²) in [6.45, 7) is 0.287. The molecule has 1 unspecified atom stereocenters. The van der Waals surface area contributed by atoms with Crippen LogP contribution in [-0.4, -0.2) is 28.4 Å². The first kappa shape index (κ1) is 13.8. The normalized spacial score (nSPS) is 17.0. The second-order valence-corrected chi connectivity index (χ2v) is 5.81. The molecule has 0 bridgehead atoms. The van der Waals surface area contributed by atoms with Crippen LogP contribution in [0.4, 0.5) is 0 Å². The summed E-state index contributed by atoms with van der Waals surface area (Å²) in [5, 5.41) is 13.8. The SMILES string of the molecule is O=C(O)CNC1c2ccccc2C(=O)N1Cc1cccs1. The van der Waals surface area contributed by atoms with Crippen LogP contribution in [0.3, 0.4) is 0 Å². The Kier molecular flexibility index (Phi) is 3.72. The average molecular weight is 302 g/mol. The molecule has 1 aliphatic rings. The number of thiophene rings is 1. The molecule has 1 amide bonds. The van der Waals surface area contributed by atoms with E-state index in [0.29, 0.717) is 12.1 Å². The molecule has 0 saturated carbocycles. The molecule has 21 heavy (non-hydrogen) atoms. The van der Waals surface area contributed by atoms with Crippen molar-refractivity contribution in [1.82, 2.24) is 10.2 Å². The molecule has 0 radical (unpaired) electrons. The topological polar surface area (TPSA) is 69.6 Å². The monoisotopic (exact) mass is 302 g/mol. The number of nitrogens with one attached hydrogen (secondary N) is 1. The molecule has 6 heteroatoms. The van der Waals surface area contributed by atoms with Crippen molar-refractivity contribution < 1.29 is 14.7 Å². The molecular formula is C15H14N2O3S. The van der Waals surface area contributed by atoms with E-state index < -0.39 is 12.1 Å². The first-order valence-corrected chi connectivity index (χ1v) is 7.42. The van der Waals surface area contributed by atoms with Crippen LogP contribution in [0.2, 0.25) is 0 Å². The van der Waals surface area contributed by atoms with Crippen molar-refractivity contribution >= 4 is 23.2 Å². The third kappa shape index (κ3) is 2.68. The number of carboxylic acid groups (broad SMARTS) is 1. The van der Waals surface area contributed by atoms with Gasteiger partial charge in [0.05, 0.1) is 13.1 Å². The zero-order chi connectivity index (χ0) is 14.8. The zero-order valence-corrected chi connectivity index (χ0v) is 12.0. The summed E-state index contributed by atoms with van der Waals surface area (Å²) in [7, 11) is 0. The van der Waals surface area contributed by atoms with Gasteiger partial charge in [0.2, 0.25) is 0 Å². The van der Waals surface area contributed by atoms with Gasteiger partial charge in [0.25, 0.3) is 5.91 Å². The van der Waals surface area contributed by atoms with E-state index in [9.17, 15) is 9.59 Å². The summed E-state index contributed by atoms with van der Waals surface area (Å²) in [6.07, 6.45) is -0.396. The van der Waals surface area contributed by atoms with Crippen molar-refractivity contribution in [2.45, 2.75) is 12.7 Å². The Labute approximate surface area is 125 Å². The molecule has 1 atom stereocenters. The molecule has 1 aromatic heterocycles. The fraction of sp³-hybridized carbons (Fsp3) is 0.200. The van der Waals surface area contributed by atoms with E-state index in [0.717, 1.165) is 10.4 Å². The van der Waals surface area contributed by atoms with Gasteiger partial charge < -0.3 is 10.0 Å². The van der Waals surface area contributed by atoms with E-state index in [1.807, 2.05) is 35.7 Å². The minimum absolute atomic E-state index is 0.0677. The Morgan fingerprint density at radius 2 is 2.10 bits per heavy atom. The number of rotatable bonds is 5. The standard InChI is InChI=1S/C15H14N2O3S/c18-13(19)8-16-14-11-5-1-2-6-12(11)15(20)17(14)9-10-4-3-7-21-10/h1-7,14,16H,8-9H2,(H,18,19). The number of amides is 1. The van der Waals surface area contributed by atoms with Gasteiger partial charge >= 0.3 is 5.97 Å². The van der Waals surface area contributed by atoms with Crippen molar-refractivity contribution in [3.8, 4) is 0 Å². The minimum Gasteiger partial charge on any atom is -0.480 e. The largest absolute Gasteiger partial charge is 0.480 e. The van der Waals surface area contributed by atoms with Gasteiger partial charge in [-0.2, -0.15) is 0 Å². The number of fused-ring (bicyclic) bond motifs is 1. The zero-order valence-electron chi connectivity index (χ0n) is 11.2. The number of hydrogen-bond acceptors (Lipinski definition) is 4. The molecule has 5 nitrogen and oxygen atoms in total. The highest BCUT2D eigenvalue weighted by molar-refractivity contribution is 7.09. The van der Waals surface area contributed by atoms with Crippen LogP contribution in [0.25, 0.3) is 0 Å². The summed E-state index contributed by atoms with van der Waals surface area (Å²) < 4.78 is 0. The second kappa shape index (κ2) is 5.67. The first-order chi connectivity index (χ1) is 10.2. The van der Waals surface area contributed by atoms with Gasteiger partial charge in [-0.15, -0.1) is 11.3 Å². The molecular weight excluding hydrogens is 288 g/mol. The smallest absolute Gasteiger partial charge is 0.317 e. The van der Waals surface area contributed by atoms with Crippen molar-refractivity contribution in [3.63, 3.8) is 0 Å². The van der Waals surface area contributed by atoms with Crippen LogP contribution in [0, 0.1) is 0 Å². The fourth-order valence-corrected chi connectivity index (χ4v) is 3.21. The quantitative estimate of drug-likeness (QED) is 0.887. The lowest BCUT2D eigenvalue weighted by molar-refractivity contribution is -0.136. The Balaban J connectivity index is 1.90. The predicted molar refractivity (Wildman–Crippen MR) is 79.0 cm³/mol. The third-order valence-electron chi connectivity index (χ3n) is 3.41. The highest BCUT2D eigenvalue weighted by Gasteiger charge is 2.36. The van der Waals surface area contributed by atoms with Gasteiger partial charge in [0, 0.05) is 16.0 Å². The predicted octanol–water partition coefficient (Wildman–Crippen LogP) is 2.08. The molecule has 1 aliphatic heterocycles. The van der Waals surface area contributed by atoms with E-state index >= 15 is 0 Å². The molecule has 3 rings (SSSR count).